The average Bonchev–Trinajstić information content (AvgIpc) is 2.27. The Morgan fingerprint density at radius 3 is 2.72 bits per heavy atom. The predicted octanol–water partition coefficient (Wildman–Crippen LogP) is 1.01. The third-order valence-corrected chi connectivity index (χ3v) is 3.11. The molecule has 0 spiro atoms. The summed E-state index contributed by atoms with van der Waals surface area (Å²) < 4.78 is 21.9. The Kier molecular flexibility index (Phi) is 5.30. The van der Waals surface area contributed by atoms with Crippen LogP contribution in [-0.2, 0) is 15.8 Å². The van der Waals surface area contributed by atoms with Crippen LogP contribution in [0.3, 0.4) is 0 Å². The Hall–Kier alpha value is -1.40. The van der Waals surface area contributed by atoms with E-state index in [0.717, 1.165) is 12.8 Å². The topological polar surface area (TPSA) is 89.3 Å². The van der Waals surface area contributed by atoms with Crippen LogP contribution in [0.4, 0.5) is 0 Å². The van der Waals surface area contributed by atoms with Crippen LogP contribution in [0, 0.1) is 0 Å². The second-order valence-electron chi connectivity index (χ2n) is 4.12. The van der Waals surface area contributed by atoms with Crippen molar-refractivity contribution in [3.05, 3.63) is 35.4 Å². The van der Waals surface area contributed by atoms with Crippen molar-refractivity contribution in [3.8, 4) is 0 Å². The average molecular weight is 270 g/mol. The number of hydrogen-bond acceptors (Lipinski definition) is 3. The summed E-state index contributed by atoms with van der Waals surface area (Å²) in [6, 6.07) is 6.47. The molecule has 1 aromatic carbocycles. The molecule has 18 heavy (non-hydrogen) atoms. The minimum atomic E-state index is -3.57. The maximum absolute atomic E-state index is 11.7. The van der Waals surface area contributed by atoms with Gasteiger partial charge >= 0.3 is 0 Å². The molecule has 6 heteroatoms. The van der Waals surface area contributed by atoms with Gasteiger partial charge in [0.25, 0.3) is 5.91 Å². The fourth-order valence-electron chi connectivity index (χ4n) is 1.52. The molecule has 0 unspecified atom stereocenters. The molecule has 100 valence electrons. The molecular formula is C12H18N2O3S. The molecule has 0 aliphatic rings. The number of unbranched alkanes of at least 4 members (excludes halogenated alkanes) is 1. The monoisotopic (exact) mass is 270 g/mol. The van der Waals surface area contributed by atoms with Gasteiger partial charge in [-0.3, -0.25) is 4.79 Å². The van der Waals surface area contributed by atoms with Crippen molar-refractivity contribution in [2.45, 2.75) is 25.5 Å². The first kappa shape index (κ1) is 14.7. The van der Waals surface area contributed by atoms with E-state index in [9.17, 15) is 13.2 Å². The van der Waals surface area contributed by atoms with Crippen LogP contribution >= 0.6 is 0 Å². The lowest BCUT2D eigenvalue weighted by Gasteiger charge is -2.06. The van der Waals surface area contributed by atoms with Crippen molar-refractivity contribution in [1.29, 1.82) is 0 Å². The molecule has 0 radical (unpaired) electrons. The van der Waals surface area contributed by atoms with E-state index in [2.05, 4.69) is 5.32 Å². The normalized spacial score (nSPS) is 11.2. The molecule has 1 aromatic rings. The number of benzene rings is 1. The van der Waals surface area contributed by atoms with E-state index < -0.39 is 10.0 Å². The molecule has 0 saturated carbocycles. The summed E-state index contributed by atoms with van der Waals surface area (Å²) in [5.74, 6) is -0.456. The van der Waals surface area contributed by atoms with Gasteiger partial charge in [0.15, 0.2) is 0 Å². The molecule has 1 rings (SSSR count). The zero-order valence-electron chi connectivity index (χ0n) is 10.3. The van der Waals surface area contributed by atoms with Gasteiger partial charge in [-0.1, -0.05) is 25.5 Å². The fourth-order valence-corrected chi connectivity index (χ4v) is 2.16. The highest BCUT2D eigenvalue weighted by Gasteiger charge is 2.09. The second-order valence-corrected chi connectivity index (χ2v) is 5.73. The Morgan fingerprint density at radius 1 is 1.39 bits per heavy atom. The zero-order valence-corrected chi connectivity index (χ0v) is 11.2. The molecule has 1 amide bonds. The van der Waals surface area contributed by atoms with E-state index in [-0.39, 0.29) is 11.7 Å². The Bertz CT molecular complexity index is 512. The predicted molar refractivity (Wildman–Crippen MR) is 70.5 cm³/mol. The van der Waals surface area contributed by atoms with Crippen LogP contribution in [0.5, 0.6) is 0 Å². The zero-order chi connectivity index (χ0) is 13.6. The van der Waals surface area contributed by atoms with Crippen LogP contribution < -0.4 is 10.5 Å². The molecule has 0 atom stereocenters. The maximum Gasteiger partial charge on any atom is 0.251 e. The lowest BCUT2D eigenvalue weighted by Crippen LogP contribution is -2.24. The molecule has 0 aliphatic heterocycles. The van der Waals surface area contributed by atoms with Gasteiger partial charge in [-0.2, -0.15) is 0 Å². The van der Waals surface area contributed by atoms with Gasteiger partial charge in [0.1, 0.15) is 0 Å². The number of amides is 1. The van der Waals surface area contributed by atoms with E-state index in [0.29, 0.717) is 17.7 Å². The molecule has 3 N–H and O–H groups in total. The van der Waals surface area contributed by atoms with Crippen molar-refractivity contribution in [2.75, 3.05) is 6.54 Å². The molecule has 0 bridgehead atoms. The largest absolute Gasteiger partial charge is 0.352 e. The van der Waals surface area contributed by atoms with E-state index in [1.165, 1.54) is 0 Å². The maximum atomic E-state index is 11.7. The highest BCUT2D eigenvalue weighted by molar-refractivity contribution is 7.88. The summed E-state index contributed by atoms with van der Waals surface area (Å²) in [5.41, 5.74) is 0.966. The number of primary sulfonamides is 1. The highest BCUT2D eigenvalue weighted by Crippen LogP contribution is 2.08. The molecule has 5 nitrogen and oxygen atoms in total. The Morgan fingerprint density at radius 2 is 2.11 bits per heavy atom. The highest BCUT2D eigenvalue weighted by atomic mass is 32.2. The van der Waals surface area contributed by atoms with Crippen molar-refractivity contribution >= 4 is 15.9 Å². The van der Waals surface area contributed by atoms with Crippen LogP contribution in [0.1, 0.15) is 35.7 Å². The standard InChI is InChI=1S/C12H18N2O3S/c1-2-3-7-14-12(15)11-6-4-5-10(8-11)9-18(13,16)17/h4-6,8H,2-3,7,9H2,1H3,(H,14,15)(H2,13,16,17). The van der Waals surface area contributed by atoms with Gasteiger partial charge < -0.3 is 5.32 Å². The van der Waals surface area contributed by atoms with E-state index in [4.69, 9.17) is 5.14 Å². The number of rotatable bonds is 6. The molecule has 0 aromatic heterocycles. The number of hydrogen-bond donors (Lipinski definition) is 2. The number of nitrogens with two attached hydrogens (primary N) is 1. The van der Waals surface area contributed by atoms with Crippen molar-refractivity contribution in [2.24, 2.45) is 5.14 Å². The van der Waals surface area contributed by atoms with Crippen molar-refractivity contribution in [3.63, 3.8) is 0 Å². The summed E-state index contributed by atoms with van der Waals surface area (Å²) >= 11 is 0. The van der Waals surface area contributed by atoms with E-state index >= 15 is 0 Å². The smallest absolute Gasteiger partial charge is 0.251 e. The molecule has 0 aliphatic carbocycles. The Balaban J connectivity index is 2.72. The van der Waals surface area contributed by atoms with Gasteiger partial charge in [-0.05, 0) is 24.1 Å². The van der Waals surface area contributed by atoms with Gasteiger partial charge in [0.2, 0.25) is 10.0 Å². The van der Waals surface area contributed by atoms with Crippen LogP contribution in [0.2, 0.25) is 0 Å². The van der Waals surface area contributed by atoms with E-state index in [1.54, 1.807) is 24.3 Å². The minimum Gasteiger partial charge on any atom is -0.352 e. The summed E-state index contributed by atoms with van der Waals surface area (Å²) in [7, 11) is -3.57. The lowest BCUT2D eigenvalue weighted by atomic mass is 10.1. The number of carbonyl (C=O) groups is 1. The third kappa shape index (κ3) is 5.29. The number of carbonyl (C=O) groups excluding carboxylic acids is 1. The van der Waals surface area contributed by atoms with Crippen molar-refractivity contribution < 1.29 is 13.2 Å². The fraction of sp³-hybridized carbons (Fsp3) is 0.417. The van der Waals surface area contributed by atoms with Crippen LogP contribution in [-0.4, -0.2) is 20.9 Å². The van der Waals surface area contributed by atoms with Gasteiger partial charge in [0, 0.05) is 12.1 Å². The van der Waals surface area contributed by atoms with Crippen LogP contribution in [0.15, 0.2) is 24.3 Å². The van der Waals surface area contributed by atoms with Gasteiger partial charge in [-0.25, -0.2) is 13.6 Å². The first-order valence-corrected chi connectivity index (χ1v) is 7.51. The van der Waals surface area contributed by atoms with Crippen LogP contribution in [0.25, 0.3) is 0 Å². The van der Waals surface area contributed by atoms with Gasteiger partial charge in [-0.15, -0.1) is 0 Å². The molecular weight excluding hydrogens is 252 g/mol. The minimum absolute atomic E-state index is 0.195. The second kappa shape index (κ2) is 6.51. The quantitative estimate of drug-likeness (QED) is 0.756. The summed E-state index contributed by atoms with van der Waals surface area (Å²) in [6.45, 7) is 2.66. The summed E-state index contributed by atoms with van der Waals surface area (Å²) in [6.07, 6.45) is 1.92. The molecule has 0 saturated heterocycles. The van der Waals surface area contributed by atoms with Gasteiger partial charge in [0.05, 0.1) is 5.75 Å². The first-order chi connectivity index (χ1) is 8.42. The third-order valence-electron chi connectivity index (χ3n) is 2.37. The Labute approximate surface area is 107 Å². The first-order valence-electron chi connectivity index (χ1n) is 5.80. The number of sulfonamides is 1. The summed E-state index contributed by atoms with van der Waals surface area (Å²) in [5, 5.41) is 7.73. The van der Waals surface area contributed by atoms with Crippen molar-refractivity contribution in [1.82, 2.24) is 5.32 Å². The number of nitrogens with one attached hydrogen (secondary N) is 1. The summed E-state index contributed by atoms with van der Waals surface area (Å²) in [4.78, 5) is 11.7. The lowest BCUT2D eigenvalue weighted by molar-refractivity contribution is 0.0953. The molecule has 0 fully saturated rings. The molecule has 0 heterocycles. The van der Waals surface area contributed by atoms with E-state index in [1.807, 2.05) is 6.92 Å². The SMILES string of the molecule is CCCCNC(=O)c1cccc(CS(N)(=O)=O)c1.